The van der Waals surface area contributed by atoms with E-state index in [0.29, 0.717) is 6.04 Å². The molecule has 0 aliphatic heterocycles. The second-order valence-electron chi connectivity index (χ2n) is 4.01. The van der Waals surface area contributed by atoms with Crippen LogP contribution in [0.25, 0.3) is 0 Å². The van der Waals surface area contributed by atoms with Gasteiger partial charge in [0.05, 0.1) is 6.61 Å². The van der Waals surface area contributed by atoms with E-state index < -0.39 is 0 Å². The van der Waals surface area contributed by atoms with Gasteiger partial charge in [-0.1, -0.05) is 0 Å². The molecule has 0 saturated carbocycles. The summed E-state index contributed by atoms with van der Waals surface area (Å²) in [5.74, 6) is 0.955. The van der Waals surface area contributed by atoms with Crippen molar-refractivity contribution in [3.8, 4) is 0 Å². The van der Waals surface area contributed by atoms with E-state index in [1.165, 1.54) is 0 Å². The van der Waals surface area contributed by atoms with E-state index >= 15 is 0 Å². The Labute approximate surface area is 91.8 Å². The van der Waals surface area contributed by atoms with E-state index in [9.17, 15) is 0 Å². The van der Waals surface area contributed by atoms with Crippen LogP contribution in [-0.2, 0) is 6.61 Å². The van der Waals surface area contributed by atoms with Gasteiger partial charge in [0.25, 0.3) is 0 Å². The fourth-order valence-corrected chi connectivity index (χ4v) is 1.75. The van der Waals surface area contributed by atoms with Gasteiger partial charge in [-0.2, -0.15) is 0 Å². The third-order valence-electron chi connectivity index (χ3n) is 2.44. The van der Waals surface area contributed by atoms with Gasteiger partial charge >= 0.3 is 0 Å². The van der Waals surface area contributed by atoms with Crippen molar-refractivity contribution in [3.05, 3.63) is 23.4 Å². The number of aromatic nitrogens is 1. The van der Waals surface area contributed by atoms with Crippen LogP contribution in [0.3, 0.4) is 0 Å². The normalized spacial score (nSPS) is 10.8. The van der Waals surface area contributed by atoms with Crippen molar-refractivity contribution in [2.24, 2.45) is 0 Å². The van der Waals surface area contributed by atoms with Gasteiger partial charge in [0.1, 0.15) is 5.82 Å². The van der Waals surface area contributed by atoms with Crippen molar-refractivity contribution < 1.29 is 5.11 Å². The molecule has 0 unspecified atom stereocenters. The number of anilines is 1. The molecule has 1 aromatic heterocycles. The summed E-state index contributed by atoms with van der Waals surface area (Å²) < 4.78 is 0. The van der Waals surface area contributed by atoms with Crippen LogP contribution in [-0.4, -0.2) is 22.7 Å². The van der Waals surface area contributed by atoms with Crippen LogP contribution in [0.1, 0.15) is 32.0 Å². The minimum absolute atomic E-state index is 0.0754. The van der Waals surface area contributed by atoms with Crippen molar-refractivity contribution in [1.29, 1.82) is 0 Å². The van der Waals surface area contributed by atoms with Crippen molar-refractivity contribution in [1.82, 2.24) is 4.98 Å². The smallest absolute Gasteiger partial charge is 0.129 e. The molecule has 0 atom stereocenters. The first kappa shape index (κ1) is 12.0. The SMILES string of the molecule is CCN(c1cc(CO)cc(C)n1)C(C)C. The Hall–Kier alpha value is -1.09. The molecule has 0 amide bonds. The number of hydrogen-bond donors (Lipinski definition) is 1. The highest BCUT2D eigenvalue weighted by molar-refractivity contribution is 5.43. The molecule has 0 aliphatic rings. The van der Waals surface area contributed by atoms with Crippen molar-refractivity contribution >= 4 is 5.82 Å². The average molecular weight is 208 g/mol. The summed E-state index contributed by atoms with van der Waals surface area (Å²) in [7, 11) is 0. The Morgan fingerprint density at radius 3 is 2.53 bits per heavy atom. The van der Waals surface area contributed by atoms with E-state index in [1.54, 1.807) is 0 Å². The molecule has 84 valence electrons. The molecule has 0 spiro atoms. The van der Waals surface area contributed by atoms with Crippen LogP contribution in [0.15, 0.2) is 12.1 Å². The Morgan fingerprint density at radius 1 is 1.40 bits per heavy atom. The third-order valence-corrected chi connectivity index (χ3v) is 2.44. The number of nitrogens with zero attached hydrogens (tertiary/aromatic N) is 2. The van der Waals surface area contributed by atoms with Crippen LogP contribution in [0.2, 0.25) is 0 Å². The first-order valence-electron chi connectivity index (χ1n) is 5.43. The van der Waals surface area contributed by atoms with E-state index in [2.05, 4.69) is 30.7 Å². The molecular formula is C12H20N2O. The molecular weight excluding hydrogens is 188 g/mol. The predicted octanol–water partition coefficient (Wildman–Crippen LogP) is 2.12. The van der Waals surface area contributed by atoms with Gasteiger partial charge in [-0.25, -0.2) is 4.98 Å². The van der Waals surface area contributed by atoms with Crippen molar-refractivity contribution in [3.63, 3.8) is 0 Å². The number of aliphatic hydroxyl groups excluding tert-OH is 1. The lowest BCUT2D eigenvalue weighted by atomic mass is 10.2. The summed E-state index contributed by atoms with van der Waals surface area (Å²) in [6.45, 7) is 9.36. The largest absolute Gasteiger partial charge is 0.392 e. The Bertz CT molecular complexity index is 323. The van der Waals surface area contributed by atoms with Crippen LogP contribution in [0.5, 0.6) is 0 Å². The summed E-state index contributed by atoms with van der Waals surface area (Å²) in [5, 5.41) is 9.13. The van der Waals surface area contributed by atoms with Gasteiger partial charge in [-0.05, 0) is 45.4 Å². The molecule has 3 heteroatoms. The maximum Gasteiger partial charge on any atom is 0.129 e. The van der Waals surface area contributed by atoms with Gasteiger partial charge < -0.3 is 10.0 Å². The van der Waals surface area contributed by atoms with Crippen molar-refractivity contribution in [2.45, 2.75) is 40.3 Å². The van der Waals surface area contributed by atoms with E-state index in [0.717, 1.165) is 23.6 Å². The molecule has 1 aromatic rings. The quantitative estimate of drug-likeness (QED) is 0.823. The molecule has 0 radical (unpaired) electrons. The van der Waals surface area contributed by atoms with Gasteiger partial charge in [0.2, 0.25) is 0 Å². The van der Waals surface area contributed by atoms with Crippen molar-refractivity contribution in [2.75, 3.05) is 11.4 Å². The summed E-state index contributed by atoms with van der Waals surface area (Å²) in [4.78, 5) is 6.70. The van der Waals surface area contributed by atoms with Crippen LogP contribution in [0.4, 0.5) is 5.82 Å². The average Bonchev–Trinajstić information content (AvgIpc) is 2.17. The molecule has 3 nitrogen and oxygen atoms in total. The van der Waals surface area contributed by atoms with Gasteiger partial charge in [-0.3, -0.25) is 0 Å². The lowest BCUT2D eigenvalue weighted by molar-refractivity contribution is 0.281. The van der Waals surface area contributed by atoms with Crippen LogP contribution >= 0.6 is 0 Å². The highest BCUT2D eigenvalue weighted by atomic mass is 16.3. The second kappa shape index (κ2) is 5.12. The van der Waals surface area contributed by atoms with E-state index in [-0.39, 0.29) is 6.61 Å². The molecule has 0 bridgehead atoms. The second-order valence-corrected chi connectivity index (χ2v) is 4.01. The number of hydrogen-bond acceptors (Lipinski definition) is 3. The number of aliphatic hydroxyl groups is 1. The molecule has 15 heavy (non-hydrogen) atoms. The van der Waals surface area contributed by atoms with Crippen LogP contribution in [0, 0.1) is 6.92 Å². The number of aryl methyl sites for hydroxylation is 1. The monoisotopic (exact) mass is 208 g/mol. The number of pyridine rings is 1. The van der Waals surface area contributed by atoms with Gasteiger partial charge in [-0.15, -0.1) is 0 Å². The molecule has 0 saturated heterocycles. The lowest BCUT2D eigenvalue weighted by Crippen LogP contribution is -2.31. The minimum Gasteiger partial charge on any atom is -0.392 e. The molecule has 0 aliphatic carbocycles. The summed E-state index contributed by atoms with van der Waals surface area (Å²) in [6, 6.07) is 4.30. The van der Waals surface area contributed by atoms with E-state index in [1.807, 2.05) is 19.1 Å². The number of rotatable bonds is 4. The van der Waals surface area contributed by atoms with E-state index in [4.69, 9.17) is 5.11 Å². The Kier molecular flexibility index (Phi) is 4.09. The topological polar surface area (TPSA) is 36.4 Å². The maximum absolute atomic E-state index is 9.13. The Balaban J connectivity index is 3.06. The first-order valence-corrected chi connectivity index (χ1v) is 5.43. The minimum atomic E-state index is 0.0754. The molecule has 1 N–H and O–H groups in total. The fourth-order valence-electron chi connectivity index (χ4n) is 1.75. The lowest BCUT2D eigenvalue weighted by Gasteiger charge is -2.26. The van der Waals surface area contributed by atoms with Crippen LogP contribution < -0.4 is 4.90 Å². The van der Waals surface area contributed by atoms with Gasteiger partial charge in [0.15, 0.2) is 0 Å². The Morgan fingerprint density at radius 2 is 2.07 bits per heavy atom. The maximum atomic E-state index is 9.13. The zero-order chi connectivity index (χ0) is 11.4. The standard InChI is InChI=1S/C12H20N2O/c1-5-14(9(2)3)12-7-11(8-15)6-10(4)13-12/h6-7,9,15H,5,8H2,1-4H3. The highest BCUT2D eigenvalue weighted by Crippen LogP contribution is 2.17. The summed E-state index contributed by atoms with van der Waals surface area (Å²) in [6.07, 6.45) is 0. The molecule has 1 heterocycles. The zero-order valence-corrected chi connectivity index (χ0v) is 9.99. The zero-order valence-electron chi connectivity index (χ0n) is 9.99. The fraction of sp³-hybridized carbons (Fsp3) is 0.583. The summed E-state index contributed by atoms with van der Waals surface area (Å²) >= 11 is 0. The summed E-state index contributed by atoms with van der Waals surface area (Å²) in [5.41, 5.74) is 1.88. The molecule has 1 rings (SSSR count). The third kappa shape index (κ3) is 2.93. The van der Waals surface area contributed by atoms with Gasteiger partial charge in [0, 0.05) is 18.3 Å². The highest BCUT2D eigenvalue weighted by Gasteiger charge is 2.10. The molecule has 0 fully saturated rings. The molecule has 0 aromatic carbocycles. The first-order chi connectivity index (χ1) is 7.08. The predicted molar refractivity (Wildman–Crippen MR) is 63.1 cm³/mol.